The first-order chi connectivity index (χ1) is 21.3. The van der Waals surface area contributed by atoms with Crippen molar-refractivity contribution in [1.29, 1.82) is 0 Å². The molecule has 44 heavy (non-hydrogen) atoms. The molecule has 1 saturated heterocycles. The number of ether oxygens (including phenoxy) is 3. The summed E-state index contributed by atoms with van der Waals surface area (Å²) < 4.78 is 31.2. The lowest BCUT2D eigenvalue weighted by Crippen LogP contribution is -2.48. The first kappa shape index (κ1) is 27.6. The maximum absolute atomic E-state index is 14.9. The SMILES string of the molecule is COc1cccc(C(=O)[C@H]2[C@H](c3ccc(OC)cc3OC)C3(C(=O)c4ccccc4C3=O)[C@H]3C=Cc4cc(F)ccc4N23)c1. The molecule has 7 rings (SSSR count). The first-order valence-corrected chi connectivity index (χ1v) is 14.2. The van der Waals surface area contributed by atoms with E-state index in [4.69, 9.17) is 14.2 Å². The van der Waals surface area contributed by atoms with Crippen LogP contribution in [-0.2, 0) is 0 Å². The van der Waals surface area contributed by atoms with E-state index >= 15 is 0 Å². The standard InChI is InChI=1S/C36H28FNO6/c1-42-23-8-6-7-21(18-23)33(39)32-31(27-14-13-24(43-2)19-29(27)44-3)36(34(40)25-9-4-5-10-26(25)35(36)41)30-16-11-20-17-22(37)12-15-28(20)38(30)32/h4-19,30-32H,1-3H3/t30-,31+,32-/m1/s1. The molecule has 0 bridgehead atoms. The van der Waals surface area contributed by atoms with Crippen LogP contribution in [0.4, 0.5) is 10.1 Å². The van der Waals surface area contributed by atoms with Crippen molar-refractivity contribution in [2.24, 2.45) is 5.41 Å². The van der Waals surface area contributed by atoms with Crippen LogP contribution in [-0.4, -0.2) is 50.8 Å². The Morgan fingerprint density at radius 3 is 2.18 bits per heavy atom. The fraction of sp³-hybridized carbons (Fsp3) is 0.194. The van der Waals surface area contributed by atoms with Gasteiger partial charge in [-0.25, -0.2) is 4.39 Å². The van der Waals surface area contributed by atoms with Gasteiger partial charge in [0.15, 0.2) is 17.3 Å². The van der Waals surface area contributed by atoms with Gasteiger partial charge in [0, 0.05) is 45.5 Å². The number of hydrogen-bond donors (Lipinski definition) is 0. The Morgan fingerprint density at radius 2 is 1.50 bits per heavy atom. The number of fused-ring (bicyclic) bond motifs is 5. The molecule has 0 N–H and O–H groups in total. The summed E-state index contributed by atoms with van der Waals surface area (Å²) in [5, 5.41) is 0. The molecular formula is C36H28FNO6. The molecule has 0 aromatic heterocycles. The molecule has 1 aliphatic carbocycles. The maximum atomic E-state index is 14.9. The zero-order valence-electron chi connectivity index (χ0n) is 24.2. The summed E-state index contributed by atoms with van der Waals surface area (Å²) in [7, 11) is 4.54. The Morgan fingerprint density at radius 1 is 0.795 bits per heavy atom. The smallest absolute Gasteiger partial charge is 0.186 e. The van der Waals surface area contributed by atoms with E-state index < -0.39 is 29.2 Å². The number of methoxy groups -OCH3 is 3. The molecule has 0 saturated carbocycles. The summed E-state index contributed by atoms with van der Waals surface area (Å²) in [5.74, 6) is -1.13. The molecule has 3 aliphatic rings. The molecule has 2 heterocycles. The van der Waals surface area contributed by atoms with Crippen molar-refractivity contribution < 1.29 is 33.0 Å². The first-order valence-electron chi connectivity index (χ1n) is 14.2. The molecule has 1 fully saturated rings. The predicted octanol–water partition coefficient (Wildman–Crippen LogP) is 6.17. The van der Waals surface area contributed by atoms with Crippen LogP contribution >= 0.6 is 0 Å². The molecule has 8 heteroatoms. The average Bonchev–Trinajstić information content (AvgIpc) is 3.49. The lowest BCUT2D eigenvalue weighted by atomic mass is 9.64. The third kappa shape index (κ3) is 3.70. The molecule has 220 valence electrons. The van der Waals surface area contributed by atoms with E-state index in [-0.39, 0.29) is 17.3 Å². The van der Waals surface area contributed by atoms with Crippen LogP contribution in [0, 0.1) is 11.2 Å². The summed E-state index contributed by atoms with van der Waals surface area (Å²) in [5.41, 5.74) is 0.827. The lowest BCUT2D eigenvalue weighted by Gasteiger charge is -2.37. The summed E-state index contributed by atoms with van der Waals surface area (Å²) in [6.07, 6.45) is 3.48. The Balaban J connectivity index is 1.57. The van der Waals surface area contributed by atoms with Crippen molar-refractivity contribution in [1.82, 2.24) is 0 Å². The number of nitrogens with zero attached hydrogens (tertiary/aromatic N) is 1. The summed E-state index contributed by atoms with van der Waals surface area (Å²) in [6.45, 7) is 0. The third-order valence-corrected chi connectivity index (χ3v) is 9.16. The average molecular weight is 590 g/mol. The molecule has 2 aliphatic heterocycles. The van der Waals surface area contributed by atoms with Gasteiger partial charge >= 0.3 is 0 Å². The summed E-state index contributed by atoms with van der Waals surface area (Å²) in [6, 6.07) is 21.1. The van der Waals surface area contributed by atoms with Gasteiger partial charge in [-0.15, -0.1) is 0 Å². The fourth-order valence-electron chi connectivity index (χ4n) is 7.31. The topological polar surface area (TPSA) is 82.1 Å². The van der Waals surface area contributed by atoms with Crippen LogP contribution in [0.1, 0.15) is 48.1 Å². The van der Waals surface area contributed by atoms with Gasteiger partial charge in [0.05, 0.1) is 27.4 Å². The normalized spacial score (nSPS) is 20.7. The van der Waals surface area contributed by atoms with Crippen LogP contribution in [0.2, 0.25) is 0 Å². The number of anilines is 1. The van der Waals surface area contributed by atoms with Crippen LogP contribution in [0.15, 0.2) is 91.0 Å². The van der Waals surface area contributed by atoms with E-state index in [1.54, 1.807) is 84.9 Å². The highest BCUT2D eigenvalue weighted by Gasteiger charge is 2.72. The molecule has 7 nitrogen and oxygen atoms in total. The van der Waals surface area contributed by atoms with Gasteiger partial charge in [-0.1, -0.05) is 54.6 Å². The van der Waals surface area contributed by atoms with E-state index in [1.165, 1.54) is 33.5 Å². The zero-order chi connectivity index (χ0) is 30.7. The largest absolute Gasteiger partial charge is 0.497 e. The quantitative estimate of drug-likeness (QED) is 0.197. The number of Topliss-reactive ketones (excluding diaryl/α,β-unsaturated/α-hetero) is 3. The lowest BCUT2D eigenvalue weighted by molar-refractivity contribution is 0.0664. The van der Waals surface area contributed by atoms with Crippen molar-refractivity contribution in [2.45, 2.75) is 18.0 Å². The number of halogens is 1. The van der Waals surface area contributed by atoms with Crippen LogP contribution in [0.5, 0.6) is 17.2 Å². The number of rotatable bonds is 6. The molecule has 1 spiro atoms. The van der Waals surface area contributed by atoms with Crippen LogP contribution in [0.25, 0.3) is 6.08 Å². The van der Waals surface area contributed by atoms with Crippen molar-refractivity contribution in [3.8, 4) is 17.2 Å². The number of carbonyl (C=O) groups excluding carboxylic acids is 3. The number of ketones is 3. The number of carbonyl (C=O) groups is 3. The molecule has 4 aromatic carbocycles. The fourth-order valence-corrected chi connectivity index (χ4v) is 7.31. The number of benzene rings is 4. The second kappa shape index (κ2) is 10.2. The summed E-state index contributed by atoms with van der Waals surface area (Å²) >= 11 is 0. The van der Waals surface area contributed by atoms with E-state index in [2.05, 4.69) is 0 Å². The van der Waals surface area contributed by atoms with Crippen molar-refractivity contribution in [3.63, 3.8) is 0 Å². The summed E-state index contributed by atoms with van der Waals surface area (Å²) in [4.78, 5) is 46.4. The maximum Gasteiger partial charge on any atom is 0.186 e. The van der Waals surface area contributed by atoms with E-state index in [9.17, 15) is 18.8 Å². The van der Waals surface area contributed by atoms with Gasteiger partial charge in [0.2, 0.25) is 0 Å². The van der Waals surface area contributed by atoms with E-state index in [1.807, 2.05) is 4.90 Å². The van der Waals surface area contributed by atoms with Gasteiger partial charge in [-0.3, -0.25) is 14.4 Å². The Labute approximate surface area is 253 Å². The van der Waals surface area contributed by atoms with Gasteiger partial charge < -0.3 is 19.1 Å². The zero-order valence-corrected chi connectivity index (χ0v) is 24.2. The van der Waals surface area contributed by atoms with Gasteiger partial charge in [0.25, 0.3) is 0 Å². The van der Waals surface area contributed by atoms with Crippen molar-refractivity contribution in [2.75, 3.05) is 26.2 Å². The molecule has 3 atom stereocenters. The van der Waals surface area contributed by atoms with Gasteiger partial charge in [0.1, 0.15) is 34.5 Å². The minimum absolute atomic E-state index is 0.308. The molecule has 0 radical (unpaired) electrons. The number of hydrogen-bond acceptors (Lipinski definition) is 7. The molecule has 0 unspecified atom stereocenters. The second-order valence-electron chi connectivity index (χ2n) is 11.1. The minimum atomic E-state index is -1.73. The Hall–Kier alpha value is -5.24. The van der Waals surface area contributed by atoms with Crippen molar-refractivity contribution >= 4 is 29.1 Å². The van der Waals surface area contributed by atoms with Crippen LogP contribution in [0.3, 0.4) is 0 Å². The van der Waals surface area contributed by atoms with Gasteiger partial charge in [-0.2, -0.15) is 0 Å². The Bertz CT molecular complexity index is 1860. The Kier molecular flexibility index (Phi) is 6.39. The van der Waals surface area contributed by atoms with E-state index in [0.29, 0.717) is 50.8 Å². The van der Waals surface area contributed by atoms with Crippen LogP contribution < -0.4 is 19.1 Å². The van der Waals surface area contributed by atoms with E-state index in [0.717, 1.165) is 0 Å². The highest BCUT2D eigenvalue weighted by atomic mass is 19.1. The minimum Gasteiger partial charge on any atom is -0.497 e. The van der Waals surface area contributed by atoms with Crippen molar-refractivity contribution in [3.05, 3.63) is 125 Å². The second-order valence-corrected chi connectivity index (χ2v) is 11.1. The predicted molar refractivity (Wildman–Crippen MR) is 163 cm³/mol. The highest BCUT2D eigenvalue weighted by Crippen LogP contribution is 2.62. The third-order valence-electron chi connectivity index (χ3n) is 9.16. The monoisotopic (exact) mass is 589 g/mol. The molecular weight excluding hydrogens is 561 g/mol. The molecule has 4 aromatic rings. The molecule has 0 amide bonds. The highest BCUT2D eigenvalue weighted by molar-refractivity contribution is 6.32. The van der Waals surface area contributed by atoms with Gasteiger partial charge in [-0.05, 0) is 36.4 Å².